The van der Waals surface area contributed by atoms with Crippen LogP contribution in [0.25, 0.3) is 11.0 Å². The summed E-state index contributed by atoms with van der Waals surface area (Å²) in [4.78, 5) is 6.94. The van der Waals surface area contributed by atoms with E-state index in [1.54, 1.807) is 18.5 Å². The molecule has 0 fully saturated rings. The van der Waals surface area contributed by atoms with Crippen LogP contribution in [0.15, 0.2) is 41.6 Å². The summed E-state index contributed by atoms with van der Waals surface area (Å²) in [5.41, 5.74) is 1.55. The normalized spacial score (nSPS) is 12.7. The van der Waals surface area contributed by atoms with Crippen LogP contribution in [0.5, 0.6) is 0 Å². The van der Waals surface area contributed by atoms with Crippen molar-refractivity contribution in [3.05, 3.63) is 58.9 Å². The van der Waals surface area contributed by atoms with Gasteiger partial charge in [0.25, 0.3) is 0 Å². The molecular formula is C14H10ClF2N3OS. The number of aromatic amines is 1. The third-order valence-electron chi connectivity index (χ3n) is 3.11. The summed E-state index contributed by atoms with van der Waals surface area (Å²) in [5, 5.41) is 0.604. The second-order valence-electron chi connectivity index (χ2n) is 4.50. The first-order valence-electron chi connectivity index (χ1n) is 6.27. The van der Waals surface area contributed by atoms with Crippen LogP contribution in [0.2, 0.25) is 5.02 Å². The molecule has 1 unspecified atom stereocenters. The number of pyridine rings is 1. The summed E-state index contributed by atoms with van der Waals surface area (Å²) in [6.07, 6.45) is 3.39. The van der Waals surface area contributed by atoms with Gasteiger partial charge in [0.05, 0.1) is 9.92 Å². The quantitative estimate of drug-likeness (QED) is 0.715. The summed E-state index contributed by atoms with van der Waals surface area (Å²) in [6.45, 7) is 0.229. The van der Waals surface area contributed by atoms with E-state index in [1.807, 2.05) is 6.07 Å². The van der Waals surface area contributed by atoms with Gasteiger partial charge in [-0.15, -0.1) is 0 Å². The number of fused-ring (bicyclic) bond motifs is 1. The first kappa shape index (κ1) is 15.1. The minimum absolute atomic E-state index is 0.190. The average Bonchev–Trinajstić information content (AvgIpc) is 2.92. The SMILES string of the molecule is O=S(NCc1c[nH]c2ncccc12)c1cc(Cl)c(F)cc1F. The Morgan fingerprint density at radius 1 is 1.32 bits per heavy atom. The fourth-order valence-electron chi connectivity index (χ4n) is 2.03. The first-order chi connectivity index (χ1) is 10.6. The molecule has 0 aliphatic carbocycles. The van der Waals surface area contributed by atoms with E-state index in [0.29, 0.717) is 11.7 Å². The standard InChI is InChI=1S/C14H10ClF2N3OS/c15-10-4-13(12(17)5-11(10)16)22(21)20-7-8-6-19-14-9(8)2-1-3-18-14/h1-6,20H,7H2,(H,18,19). The number of hydrogen-bond acceptors (Lipinski definition) is 2. The van der Waals surface area contributed by atoms with E-state index in [4.69, 9.17) is 11.6 Å². The molecule has 0 bridgehead atoms. The monoisotopic (exact) mass is 341 g/mol. The highest BCUT2D eigenvalue weighted by Crippen LogP contribution is 2.22. The zero-order chi connectivity index (χ0) is 15.7. The van der Waals surface area contributed by atoms with Gasteiger partial charge in [0.1, 0.15) is 28.3 Å². The lowest BCUT2D eigenvalue weighted by molar-refractivity contribution is 0.561. The maximum atomic E-state index is 13.7. The van der Waals surface area contributed by atoms with Crippen molar-refractivity contribution in [2.45, 2.75) is 11.4 Å². The summed E-state index contributed by atoms with van der Waals surface area (Å²) >= 11 is 5.59. The van der Waals surface area contributed by atoms with E-state index in [0.717, 1.165) is 17.0 Å². The Bertz CT molecular complexity index is 868. The van der Waals surface area contributed by atoms with E-state index in [-0.39, 0.29) is 16.5 Å². The Kier molecular flexibility index (Phi) is 4.19. The zero-order valence-corrected chi connectivity index (χ0v) is 12.6. The van der Waals surface area contributed by atoms with Crippen molar-refractivity contribution in [2.24, 2.45) is 0 Å². The number of H-pyrrole nitrogens is 1. The van der Waals surface area contributed by atoms with E-state index in [1.165, 1.54) is 0 Å². The number of rotatable bonds is 4. The molecule has 0 saturated heterocycles. The van der Waals surface area contributed by atoms with E-state index >= 15 is 0 Å². The van der Waals surface area contributed by atoms with Gasteiger partial charge in [0, 0.05) is 30.4 Å². The minimum atomic E-state index is -1.85. The molecule has 4 nitrogen and oxygen atoms in total. The lowest BCUT2D eigenvalue weighted by Gasteiger charge is -2.06. The average molecular weight is 342 g/mol. The Morgan fingerprint density at radius 2 is 2.14 bits per heavy atom. The summed E-state index contributed by atoms with van der Waals surface area (Å²) in [6, 6.07) is 5.29. The topological polar surface area (TPSA) is 57.8 Å². The van der Waals surface area contributed by atoms with Crippen LogP contribution < -0.4 is 4.72 Å². The molecular weight excluding hydrogens is 332 g/mol. The van der Waals surface area contributed by atoms with E-state index in [2.05, 4.69) is 14.7 Å². The maximum absolute atomic E-state index is 13.7. The van der Waals surface area contributed by atoms with Gasteiger partial charge < -0.3 is 4.98 Å². The second kappa shape index (κ2) is 6.12. The van der Waals surface area contributed by atoms with Crippen LogP contribution in [0, 0.1) is 11.6 Å². The Hall–Kier alpha value is -1.83. The lowest BCUT2D eigenvalue weighted by atomic mass is 10.2. The Balaban J connectivity index is 1.79. The number of halogens is 3. The molecule has 0 spiro atoms. The van der Waals surface area contributed by atoms with Gasteiger partial charge >= 0.3 is 0 Å². The van der Waals surface area contributed by atoms with Gasteiger partial charge in [0.2, 0.25) is 0 Å². The van der Waals surface area contributed by atoms with Gasteiger partial charge in [-0.2, -0.15) is 0 Å². The Labute approximate surface area is 132 Å². The fourth-order valence-corrected chi connectivity index (χ4v) is 3.16. The third-order valence-corrected chi connectivity index (χ3v) is 4.51. The van der Waals surface area contributed by atoms with Gasteiger partial charge in [0.15, 0.2) is 0 Å². The van der Waals surface area contributed by atoms with Gasteiger partial charge in [-0.3, -0.25) is 0 Å². The maximum Gasteiger partial charge on any atom is 0.144 e. The van der Waals surface area contributed by atoms with Crippen molar-refractivity contribution in [1.82, 2.24) is 14.7 Å². The Morgan fingerprint density at radius 3 is 2.95 bits per heavy atom. The minimum Gasteiger partial charge on any atom is -0.346 e. The van der Waals surface area contributed by atoms with Crippen molar-refractivity contribution in [3.63, 3.8) is 0 Å². The molecule has 2 N–H and O–H groups in total. The van der Waals surface area contributed by atoms with Crippen LogP contribution >= 0.6 is 11.6 Å². The fraction of sp³-hybridized carbons (Fsp3) is 0.0714. The molecule has 0 aliphatic heterocycles. The van der Waals surface area contributed by atoms with Gasteiger partial charge in [-0.25, -0.2) is 22.7 Å². The smallest absolute Gasteiger partial charge is 0.144 e. The summed E-state index contributed by atoms with van der Waals surface area (Å²) in [7, 11) is -1.85. The predicted octanol–water partition coefficient (Wildman–Crippen LogP) is 3.31. The molecule has 3 aromatic rings. The number of aromatic nitrogens is 2. The highest BCUT2D eigenvalue weighted by Gasteiger charge is 2.15. The molecule has 2 heterocycles. The number of benzene rings is 1. The summed E-state index contributed by atoms with van der Waals surface area (Å²) < 4.78 is 41.6. The summed E-state index contributed by atoms with van der Waals surface area (Å²) in [5.74, 6) is -1.80. The highest BCUT2D eigenvalue weighted by molar-refractivity contribution is 7.83. The number of nitrogens with one attached hydrogen (secondary N) is 2. The molecule has 1 aromatic carbocycles. The molecule has 3 rings (SSSR count). The van der Waals surface area contributed by atoms with Crippen LogP contribution in [0.4, 0.5) is 8.78 Å². The number of hydrogen-bond donors (Lipinski definition) is 2. The van der Waals surface area contributed by atoms with Gasteiger partial charge in [-0.1, -0.05) is 11.6 Å². The van der Waals surface area contributed by atoms with Crippen molar-refractivity contribution in [1.29, 1.82) is 0 Å². The number of nitrogens with zero attached hydrogens (tertiary/aromatic N) is 1. The molecule has 22 heavy (non-hydrogen) atoms. The van der Waals surface area contributed by atoms with Gasteiger partial charge in [-0.05, 0) is 23.8 Å². The third kappa shape index (κ3) is 2.87. The largest absolute Gasteiger partial charge is 0.346 e. The van der Waals surface area contributed by atoms with Crippen LogP contribution in [-0.4, -0.2) is 14.2 Å². The lowest BCUT2D eigenvalue weighted by Crippen LogP contribution is -2.17. The molecule has 2 aromatic heterocycles. The van der Waals surface area contributed by atoms with Crippen molar-refractivity contribution in [3.8, 4) is 0 Å². The second-order valence-corrected chi connectivity index (χ2v) is 6.17. The molecule has 8 heteroatoms. The van der Waals surface area contributed by atoms with Crippen molar-refractivity contribution in [2.75, 3.05) is 0 Å². The first-order valence-corrected chi connectivity index (χ1v) is 7.80. The van der Waals surface area contributed by atoms with Crippen LogP contribution in [0.3, 0.4) is 0 Å². The van der Waals surface area contributed by atoms with Crippen molar-refractivity contribution < 1.29 is 13.0 Å². The zero-order valence-electron chi connectivity index (χ0n) is 11.1. The molecule has 0 saturated carbocycles. The van der Waals surface area contributed by atoms with E-state index < -0.39 is 22.6 Å². The predicted molar refractivity (Wildman–Crippen MR) is 80.7 cm³/mol. The molecule has 1 atom stereocenters. The van der Waals surface area contributed by atoms with Crippen molar-refractivity contribution >= 4 is 33.6 Å². The van der Waals surface area contributed by atoms with Crippen LogP contribution in [0.1, 0.15) is 5.56 Å². The molecule has 0 aliphatic rings. The highest BCUT2D eigenvalue weighted by atomic mass is 35.5. The molecule has 0 amide bonds. The van der Waals surface area contributed by atoms with Crippen LogP contribution in [-0.2, 0) is 17.5 Å². The molecule has 114 valence electrons. The molecule has 0 radical (unpaired) electrons. The van der Waals surface area contributed by atoms with E-state index in [9.17, 15) is 13.0 Å².